The van der Waals surface area contributed by atoms with Gasteiger partial charge in [0.15, 0.2) is 0 Å². The van der Waals surface area contributed by atoms with Crippen LogP contribution in [0.15, 0.2) is 42.5 Å². The first-order valence-corrected chi connectivity index (χ1v) is 8.22. The van der Waals surface area contributed by atoms with E-state index in [-0.39, 0.29) is 11.5 Å². The van der Waals surface area contributed by atoms with Crippen molar-refractivity contribution in [2.24, 2.45) is 0 Å². The molecular formula is C21H16F2N2O. The van der Waals surface area contributed by atoms with Gasteiger partial charge in [0.25, 0.3) is 5.91 Å². The first-order chi connectivity index (χ1) is 12.5. The summed E-state index contributed by atoms with van der Waals surface area (Å²) in [4.78, 5) is 15.7. The molecule has 0 unspecified atom stereocenters. The summed E-state index contributed by atoms with van der Waals surface area (Å²) >= 11 is 0. The molecule has 3 aromatic rings. The van der Waals surface area contributed by atoms with E-state index in [0.29, 0.717) is 22.4 Å². The maximum Gasteiger partial charge on any atom is 0.256 e. The quantitative estimate of drug-likeness (QED) is 0.623. The molecule has 0 saturated heterocycles. The minimum Gasteiger partial charge on any atom is -0.359 e. The molecule has 4 rings (SSSR count). The van der Waals surface area contributed by atoms with Gasteiger partial charge in [0, 0.05) is 22.6 Å². The maximum atomic E-state index is 14.4. The molecule has 1 aromatic heterocycles. The lowest BCUT2D eigenvalue weighted by Crippen LogP contribution is -2.03. The van der Waals surface area contributed by atoms with E-state index in [1.165, 1.54) is 18.2 Å². The van der Waals surface area contributed by atoms with Crippen LogP contribution in [0, 0.1) is 25.5 Å². The number of aromatic amines is 1. The molecule has 130 valence electrons. The lowest BCUT2D eigenvalue weighted by molar-refractivity contribution is -0.110. The fourth-order valence-electron chi connectivity index (χ4n) is 3.39. The first-order valence-electron chi connectivity index (χ1n) is 8.22. The molecule has 1 aliphatic rings. The zero-order chi connectivity index (χ0) is 18.4. The third-order valence-corrected chi connectivity index (χ3v) is 4.54. The first kappa shape index (κ1) is 16.3. The van der Waals surface area contributed by atoms with Crippen molar-refractivity contribution in [2.45, 2.75) is 13.8 Å². The van der Waals surface area contributed by atoms with Gasteiger partial charge in [-0.3, -0.25) is 4.79 Å². The van der Waals surface area contributed by atoms with Crippen LogP contribution in [0.2, 0.25) is 0 Å². The van der Waals surface area contributed by atoms with Crippen molar-refractivity contribution in [1.29, 1.82) is 0 Å². The third kappa shape index (κ3) is 2.52. The van der Waals surface area contributed by atoms with E-state index in [9.17, 15) is 13.6 Å². The number of anilines is 1. The normalized spacial score (nSPS) is 14.6. The molecule has 26 heavy (non-hydrogen) atoms. The van der Waals surface area contributed by atoms with Crippen LogP contribution in [0.4, 0.5) is 14.5 Å². The summed E-state index contributed by atoms with van der Waals surface area (Å²) < 4.78 is 28.7. The summed E-state index contributed by atoms with van der Waals surface area (Å²) in [7, 11) is 0. The average molecular weight is 350 g/mol. The average Bonchev–Trinajstić information content (AvgIpc) is 3.07. The van der Waals surface area contributed by atoms with Crippen molar-refractivity contribution in [3.05, 3.63) is 76.6 Å². The SMILES string of the molecule is Cc1cc(C)c(/C=C2\C(=O)Nc3cccc(-c4c(F)cccc4F)c32)[nH]1. The second kappa shape index (κ2) is 5.95. The van der Waals surface area contributed by atoms with Gasteiger partial charge in [-0.05, 0) is 55.3 Å². The molecule has 2 N–H and O–H groups in total. The van der Waals surface area contributed by atoms with Gasteiger partial charge < -0.3 is 10.3 Å². The summed E-state index contributed by atoms with van der Waals surface area (Å²) in [6.45, 7) is 3.87. The standard InChI is InChI=1S/C21H16F2N2O/c1-11-9-12(2)24-18(11)10-14-19-13(5-3-8-17(19)25-21(14)26)20-15(22)6-4-7-16(20)23/h3-10,24H,1-2H3,(H,25,26)/b14-10-. The maximum absolute atomic E-state index is 14.4. The zero-order valence-electron chi connectivity index (χ0n) is 14.3. The highest BCUT2D eigenvalue weighted by molar-refractivity contribution is 6.36. The van der Waals surface area contributed by atoms with E-state index < -0.39 is 11.6 Å². The number of carbonyl (C=O) groups excluding carboxylic acids is 1. The van der Waals surface area contributed by atoms with Gasteiger partial charge in [-0.15, -0.1) is 0 Å². The zero-order valence-corrected chi connectivity index (χ0v) is 14.3. The fourth-order valence-corrected chi connectivity index (χ4v) is 3.39. The number of aryl methyl sites for hydroxylation is 2. The Bertz CT molecular complexity index is 1060. The second-order valence-corrected chi connectivity index (χ2v) is 6.39. The summed E-state index contributed by atoms with van der Waals surface area (Å²) in [5, 5.41) is 2.78. The number of fused-ring (bicyclic) bond motifs is 1. The van der Waals surface area contributed by atoms with Gasteiger partial charge in [-0.25, -0.2) is 8.78 Å². The van der Waals surface area contributed by atoms with E-state index in [1.807, 2.05) is 19.9 Å². The molecule has 1 aliphatic heterocycles. The molecule has 2 heterocycles. The largest absolute Gasteiger partial charge is 0.359 e. The number of halogens is 2. The smallest absolute Gasteiger partial charge is 0.256 e. The summed E-state index contributed by atoms with van der Waals surface area (Å²) in [5.41, 5.74) is 4.41. The summed E-state index contributed by atoms with van der Waals surface area (Å²) in [5.74, 6) is -1.62. The number of carbonyl (C=O) groups is 1. The highest BCUT2D eigenvalue weighted by atomic mass is 19.1. The van der Waals surface area contributed by atoms with E-state index >= 15 is 0 Å². The van der Waals surface area contributed by atoms with Gasteiger partial charge in [0.05, 0.1) is 11.1 Å². The van der Waals surface area contributed by atoms with Gasteiger partial charge in [-0.2, -0.15) is 0 Å². The van der Waals surface area contributed by atoms with Gasteiger partial charge >= 0.3 is 0 Å². The van der Waals surface area contributed by atoms with E-state index in [4.69, 9.17) is 0 Å². The highest BCUT2D eigenvalue weighted by Gasteiger charge is 2.29. The molecule has 3 nitrogen and oxygen atoms in total. The van der Waals surface area contributed by atoms with E-state index in [0.717, 1.165) is 17.0 Å². The minimum atomic E-state index is -0.663. The van der Waals surface area contributed by atoms with E-state index in [2.05, 4.69) is 10.3 Å². The second-order valence-electron chi connectivity index (χ2n) is 6.39. The van der Waals surface area contributed by atoms with Crippen LogP contribution < -0.4 is 5.32 Å². The van der Waals surface area contributed by atoms with Crippen molar-refractivity contribution >= 4 is 23.2 Å². The Morgan fingerprint density at radius 3 is 2.31 bits per heavy atom. The molecule has 0 radical (unpaired) electrons. The Morgan fingerprint density at radius 2 is 1.65 bits per heavy atom. The van der Waals surface area contributed by atoms with Crippen LogP contribution in [0.1, 0.15) is 22.5 Å². The Kier molecular flexibility index (Phi) is 3.72. The predicted molar refractivity (Wildman–Crippen MR) is 98.6 cm³/mol. The number of rotatable bonds is 2. The molecule has 0 spiro atoms. The van der Waals surface area contributed by atoms with Crippen LogP contribution in [0.5, 0.6) is 0 Å². The van der Waals surface area contributed by atoms with Crippen molar-refractivity contribution in [3.63, 3.8) is 0 Å². The lowest BCUT2D eigenvalue weighted by Gasteiger charge is -2.10. The molecule has 0 atom stereocenters. The number of nitrogens with one attached hydrogen (secondary N) is 2. The molecule has 0 bridgehead atoms. The Labute approximate surface area is 149 Å². The van der Waals surface area contributed by atoms with Crippen LogP contribution in [0.25, 0.3) is 22.8 Å². The van der Waals surface area contributed by atoms with Crippen LogP contribution in [0.3, 0.4) is 0 Å². The number of hydrogen-bond donors (Lipinski definition) is 2. The van der Waals surface area contributed by atoms with Crippen molar-refractivity contribution in [2.75, 3.05) is 5.32 Å². The van der Waals surface area contributed by atoms with Gasteiger partial charge in [-0.1, -0.05) is 18.2 Å². The number of aromatic nitrogens is 1. The molecule has 5 heteroatoms. The van der Waals surface area contributed by atoms with Crippen LogP contribution >= 0.6 is 0 Å². The highest BCUT2D eigenvalue weighted by Crippen LogP contribution is 2.41. The van der Waals surface area contributed by atoms with Crippen LogP contribution in [-0.4, -0.2) is 10.9 Å². The van der Waals surface area contributed by atoms with Crippen LogP contribution in [-0.2, 0) is 4.79 Å². The topological polar surface area (TPSA) is 44.9 Å². The molecule has 0 fully saturated rings. The minimum absolute atomic E-state index is 0.133. The monoisotopic (exact) mass is 350 g/mol. The van der Waals surface area contributed by atoms with Crippen molar-refractivity contribution < 1.29 is 13.6 Å². The number of benzene rings is 2. The molecule has 0 aliphatic carbocycles. The van der Waals surface area contributed by atoms with Gasteiger partial charge in [0.1, 0.15) is 11.6 Å². The lowest BCUT2D eigenvalue weighted by atomic mass is 9.93. The summed E-state index contributed by atoms with van der Waals surface area (Å²) in [6, 6.07) is 10.7. The third-order valence-electron chi connectivity index (χ3n) is 4.54. The number of amides is 1. The Hall–Kier alpha value is -3.21. The Morgan fingerprint density at radius 1 is 0.962 bits per heavy atom. The fraction of sp³-hybridized carbons (Fsp3) is 0.0952. The van der Waals surface area contributed by atoms with Crippen molar-refractivity contribution in [1.82, 2.24) is 4.98 Å². The Balaban J connectivity index is 1.97. The molecule has 0 saturated carbocycles. The predicted octanol–water partition coefficient (Wildman–Crippen LogP) is 5.07. The van der Waals surface area contributed by atoms with Crippen molar-refractivity contribution in [3.8, 4) is 11.1 Å². The number of hydrogen-bond acceptors (Lipinski definition) is 1. The molecular weight excluding hydrogens is 334 g/mol. The van der Waals surface area contributed by atoms with E-state index in [1.54, 1.807) is 24.3 Å². The molecule has 1 amide bonds. The molecule has 2 aromatic carbocycles. The number of H-pyrrole nitrogens is 1. The summed E-state index contributed by atoms with van der Waals surface area (Å²) in [6.07, 6.45) is 1.73. The van der Waals surface area contributed by atoms with Gasteiger partial charge in [0.2, 0.25) is 0 Å².